The van der Waals surface area contributed by atoms with Gasteiger partial charge in [0.25, 0.3) is 11.1 Å². The zero-order valence-corrected chi connectivity index (χ0v) is 14.7. The van der Waals surface area contributed by atoms with Crippen LogP contribution in [0.1, 0.15) is 22.8 Å². The molecule has 0 aliphatic carbocycles. The van der Waals surface area contributed by atoms with E-state index in [0.29, 0.717) is 5.69 Å². The van der Waals surface area contributed by atoms with Gasteiger partial charge in [0.2, 0.25) is 5.91 Å². The van der Waals surface area contributed by atoms with Gasteiger partial charge in [-0.2, -0.15) is 0 Å². The highest BCUT2D eigenvalue weighted by atomic mass is 32.2. The predicted molar refractivity (Wildman–Crippen MR) is 93.0 cm³/mol. The van der Waals surface area contributed by atoms with Gasteiger partial charge >= 0.3 is 5.97 Å². The molecule has 1 aromatic rings. The number of hydrogen-bond acceptors (Lipinski definition) is 7. The molecule has 0 unspecified atom stereocenters. The van der Waals surface area contributed by atoms with Crippen LogP contribution in [0.2, 0.25) is 0 Å². The van der Waals surface area contributed by atoms with Gasteiger partial charge in [-0.05, 0) is 25.5 Å². The molecule has 0 spiro atoms. The van der Waals surface area contributed by atoms with Crippen molar-refractivity contribution in [2.24, 2.45) is 0 Å². The lowest BCUT2D eigenvalue weighted by Crippen LogP contribution is -2.41. The van der Waals surface area contributed by atoms with Crippen LogP contribution in [0.3, 0.4) is 0 Å². The van der Waals surface area contributed by atoms with Crippen molar-refractivity contribution < 1.29 is 23.9 Å². The number of imide groups is 1. The number of nitrogen functional groups attached to an aromatic ring is 1. The molecule has 2 rings (SSSR count). The molecule has 9 heteroatoms. The maximum atomic E-state index is 12.1. The van der Waals surface area contributed by atoms with E-state index < -0.39 is 18.0 Å². The minimum absolute atomic E-state index is 0.0852. The van der Waals surface area contributed by atoms with E-state index in [-0.39, 0.29) is 35.6 Å². The number of anilines is 1. The van der Waals surface area contributed by atoms with Gasteiger partial charge < -0.3 is 15.8 Å². The number of rotatable bonds is 6. The summed E-state index contributed by atoms with van der Waals surface area (Å²) < 4.78 is 5.12. The number of nitrogens with zero attached hydrogens (tertiary/aromatic N) is 1. The number of benzene rings is 1. The third kappa shape index (κ3) is 4.50. The number of hydrogen-bond donors (Lipinski definition) is 2. The number of esters is 1. The van der Waals surface area contributed by atoms with E-state index in [2.05, 4.69) is 5.32 Å². The van der Waals surface area contributed by atoms with Gasteiger partial charge in [-0.15, -0.1) is 0 Å². The number of nitrogens with one attached hydrogen (secondary N) is 1. The molecule has 0 bridgehead atoms. The quantitative estimate of drug-likeness (QED) is 0.568. The Labute approximate surface area is 149 Å². The standard InChI is InChI=1S/C16H19N3O5S/c1-9-4-3-5-11(13(9)17)15(22)24-10(2)14(21)18-6-7-19-12(20)8-25-16(19)23/h3-5,10H,6-8,17H2,1-2H3,(H,18,21)/t10-/m0/s1. The lowest BCUT2D eigenvalue weighted by Gasteiger charge is -2.16. The second-order valence-electron chi connectivity index (χ2n) is 5.47. The number of amides is 3. The Bertz CT molecular complexity index is 706. The topological polar surface area (TPSA) is 119 Å². The molecule has 0 aromatic heterocycles. The Kier molecular flexibility index (Phi) is 6.02. The van der Waals surface area contributed by atoms with Crippen LogP contribution in [-0.4, -0.2) is 52.9 Å². The highest BCUT2D eigenvalue weighted by Gasteiger charge is 2.29. The summed E-state index contributed by atoms with van der Waals surface area (Å²) in [5.74, 6) is -1.37. The van der Waals surface area contributed by atoms with Crippen molar-refractivity contribution >= 4 is 40.5 Å². The molecule has 1 heterocycles. The van der Waals surface area contributed by atoms with E-state index in [9.17, 15) is 19.2 Å². The van der Waals surface area contributed by atoms with Gasteiger partial charge in [-0.1, -0.05) is 23.9 Å². The van der Waals surface area contributed by atoms with Gasteiger partial charge in [0, 0.05) is 18.8 Å². The summed E-state index contributed by atoms with van der Waals surface area (Å²) in [4.78, 5) is 48.1. The van der Waals surface area contributed by atoms with E-state index in [4.69, 9.17) is 10.5 Å². The van der Waals surface area contributed by atoms with Gasteiger partial charge in [0.05, 0.1) is 11.3 Å². The number of ether oxygens (including phenoxy) is 1. The van der Waals surface area contributed by atoms with Crippen molar-refractivity contribution in [3.8, 4) is 0 Å². The summed E-state index contributed by atoms with van der Waals surface area (Å²) in [5, 5.41) is 2.21. The average molecular weight is 365 g/mol. The van der Waals surface area contributed by atoms with Crippen LogP contribution in [0, 0.1) is 6.92 Å². The molecule has 3 N–H and O–H groups in total. The first-order valence-corrected chi connectivity index (χ1v) is 8.60. The highest BCUT2D eigenvalue weighted by molar-refractivity contribution is 8.14. The lowest BCUT2D eigenvalue weighted by molar-refractivity contribution is -0.130. The fourth-order valence-electron chi connectivity index (χ4n) is 2.17. The molecule has 1 aliphatic heterocycles. The first-order chi connectivity index (χ1) is 11.8. The van der Waals surface area contributed by atoms with E-state index >= 15 is 0 Å². The third-order valence-electron chi connectivity index (χ3n) is 3.67. The first-order valence-electron chi connectivity index (χ1n) is 7.62. The molecule has 1 aliphatic rings. The number of thioether (sulfide) groups is 1. The molecule has 134 valence electrons. The SMILES string of the molecule is Cc1cccc(C(=O)O[C@@H](C)C(=O)NCCN2C(=O)CSC2=O)c1N. The summed E-state index contributed by atoms with van der Waals surface area (Å²) in [6.45, 7) is 3.37. The van der Waals surface area contributed by atoms with Crippen molar-refractivity contribution in [3.63, 3.8) is 0 Å². The second-order valence-corrected chi connectivity index (χ2v) is 6.40. The summed E-state index contributed by atoms with van der Waals surface area (Å²) in [6.07, 6.45) is -1.04. The Morgan fingerprint density at radius 3 is 2.76 bits per heavy atom. The Hall–Kier alpha value is -2.55. The summed E-state index contributed by atoms with van der Waals surface area (Å²) >= 11 is 0.931. The molecule has 0 saturated carbocycles. The lowest BCUT2D eigenvalue weighted by atomic mass is 10.1. The van der Waals surface area contributed by atoms with E-state index in [0.717, 1.165) is 22.2 Å². The van der Waals surface area contributed by atoms with Gasteiger partial charge in [-0.25, -0.2) is 4.79 Å². The number of para-hydroxylation sites is 1. The summed E-state index contributed by atoms with van der Waals surface area (Å²) in [6, 6.07) is 4.97. The molecular weight excluding hydrogens is 346 g/mol. The Balaban J connectivity index is 1.83. The molecule has 25 heavy (non-hydrogen) atoms. The van der Waals surface area contributed by atoms with Gasteiger partial charge in [0.15, 0.2) is 6.10 Å². The molecule has 1 fully saturated rings. The van der Waals surface area contributed by atoms with Gasteiger partial charge in [0.1, 0.15) is 0 Å². The minimum Gasteiger partial charge on any atom is -0.449 e. The molecule has 8 nitrogen and oxygen atoms in total. The molecule has 1 atom stereocenters. The predicted octanol–water partition coefficient (Wildman–Crippen LogP) is 0.934. The van der Waals surface area contributed by atoms with Crippen LogP contribution in [0.5, 0.6) is 0 Å². The molecule has 0 radical (unpaired) electrons. The van der Waals surface area contributed by atoms with E-state index in [1.807, 2.05) is 0 Å². The monoisotopic (exact) mass is 365 g/mol. The van der Waals surface area contributed by atoms with Crippen LogP contribution in [-0.2, 0) is 14.3 Å². The number of aryl methyl sites for hydroxylation is 1. The maximum Gasteiger partial charge on any atom is 0.341 e. The largest absolute Gasteiger partial charge is 0.449 e. The van der Waals surface area contributed by atoms with Crippen LogP contribution in [0.15, 0.2) is 18.2 Å². The maximum absolute atomic E-state index is 12.1. The van der Waals surface area contributed by atoms with Crippen molar-refractivity contribution in [1.29, 1.82) is 0 Å². The van der Waals surface area contributed by atoms with Crippen molar-refractivity contribution in [3.05, 3.63) is 29.3 Å². The fraction of sp³-hybridized carbons (Fsp3) is 0.375. The van der Waals surface area contributed by atoms with E-state index in [1.165, 1.54) is 13.0 Å². The second kappa shape index (κ2) is 8.02. The summed E-state index contributed by atoms with van der Waals surface area (Å²) in [5.41, 5.74) is 7.09. The molecule has 1 aromatic carbocycles. The summed E-state index contributed by atoms with van der Waals surface area (Å²) in [7, 11) is 0. The van der Waals surface area contributed by atoms with Gasteiger partial charge in [-0.3, -0.25) is 19.3 Å². The van der Waals surface area contributed by atoms with Crippen molar-refractivity contribution in [2.75, 3.05) is 24.6 Å². The van der Waals surface area contributed by atoms with Crippen LogP contribution in [0.4, 0.5) is 10.5 Å². The average Bonchev–Trinajstić information content (AvgIpc) is 2.88. The number of carbonyl (C=O) groups excluding carboxylic acids is 4. The Morgan fingerprint density at radius 2 is 2.12 bits per heavy atom. The number of carbonyl (C=O) groups is 4. The van der Waals surface area contributed by atoms with Crippen LogP contribution < -0.4 is 11.1 Å². The minimum atomic E-state index is -1.04. The molecule has 1 saturated heterocycles. The van der Waals surface area contributed by atoms with E-state index in [1.54, 1.807) is 19.1 Å². The Morgan fingerprint density at radius 1 is 1.40 bits per heavy atom. The fourth-order valence-corrected chi connectivity index (χ4v) is 2.92. The molecule has 3 amide bonds. The third-order valence-corrected chi connectivity index (χ3v) is 4.53. The zero-order valence-electron chi connectivity index (χ0n) is 13.9. The number of nitrogens with two attached hydrogens (primary N) is 1. The van der Waals surface area contributed by atoms with Crippen LogP contribution >= 0.6 is 11.8 Å². The van der Waals surface area contributed by atoms with Crippen molar-refractivity contribution in [2.45, 2.75) is 20.0 Å². The smallest absolute Gasteiger partial charge is 0.341 e. The van der Waals surface area contributed by atoms with Crippen LogP contribution in [0.25, 0.3) is 0 Å². The first kappa shape index (κ1) is 18.8. The highest BCUT2D eigenvalue weighted by Crippen LogP contribution is 2.18. The normalized spacial score (nSPS) is 15.2. The molecular formula is C16H19N3O5S. The zero-order chi connectivity index (χ0) is 18.6. The van der Waals surface area contributed by atoms with Crippen molar-refractivity contribution in [1.82, 2.24) is 10.2 Å².